The molecule has 0 spiro atoms. The quantitative estimate of drug-likeness (QED) is 0.889. The second-order valence-electron chi connectivity index (χ2n) is 6.33. The number of nitrogens with one attached hydrogen (secondary N) is 1. The molecule has 2 aromatic rings. The van der Waals surface area contributed by atoms with Gasteiger partial charge in [0.15, 0.2) is 0 Å². The van der Waals surface area contributed by atoms with Gasteiger partial charge in [0.1, 0.15) is 5.75 Å². The number of phenols is 1. The zero-order valence-corrected chi connectivity index (χ0v) is 13.4. The summed E-state index contributed by atoms with van der Waals surface area (Å²) in [6.07, 6.45) is 5.55. The van der Waals surface area contributed by atoms with Crippen molar-refractivity contribution in [1.82, 2.24) is 14.9 Å². The number of rotatable bonds is 5. The highest BCUT2D eigenvalue weighted by molar-refractivity contribution is 6.30. The molecule has 0 fully saturated rings. The summed E-state index contributed by atoms with van der Waals surface area (Å²) in [5, 5.41) is 14.0. The number of phenolic OH excluding ortho intramolecular Hbond substituents is 1. The van der Waals surface area contributed by atoms with Crippen molar-refractivity contribution in [2.24, 2.45) is 5.41 Å². The van der Waals surface area contributed by atoms with Crippen molar-refractivity contribution in [3.8, 4) is 5.75 Å². The molecule has 0 amide bonds. The summed E-state index contributed by atoms with van der Waals surface area (Å²) in [6, 6.07) is 5.35. The van der Waals surface area contributed by atoms with E-state index >= 15 is 0 Å². The summed E-state index contributed by atoms with van der Waals surface area (Å²) in [6.45, 7) is 7.98. The van der Waals surface area contributed by atoms with Gasteiger partial charge in [-0.05, 0) is 23.6 Å². The molecule has 1 aromatic carbocycles. The number of aromatic hydroxyl groups is 1. The lowest BCUT2D eigenvalue weighted by Crippen LogP contribution is -2.43. The predicted molar refractivity (Wildman–Crippen MR) is 85.4 cm³/mol. The molecule has 0 aliphatic carbocycles. The van der Waals surface area contributed by atoms with Crippen LogP contribution >= 0.6 is 11.6 Å². The van der Waals surface area contributed by atoms with E-state index in [0.29, 0.717) is 11.6 Å². The molecule has 0 radical (unpaired) electrons. The van der Waals surface area contributed by atoms with Crippen LogP contribution in [0.4, 0.5) is 0 Å². The lowest BCUT2D eigenvalue weighted by molar-refractivity contribution is 0.239. The van der Waals surface area contributed by atoms with Crippen LogP contribution in [0, 0.1) is 5.41 Å². The standard InChI is InChI=1S/C16H22ClN3O/c1-16(2,3)15(10-20-7-6-18-11-20)19-9-12-8-13(17)4-5-14(12)21/h4-8,11,15,19,21H,9-10H2,1-3H3. The number of hydrogen-bond acceptors (Lipinski definition) is 3. The van der Waals surface area contributed by atoms with Gasteiger partial charge < -0.3 is 15.0 Å². The molecular formula is C16H22ClN3O. The van der Waals surface area contributed by atoms with Gasteiger partial charge in [-0.2, -0.15) is 0 Å². The van der Waals surface area contributed by atoms with Crippen LogP contribution in [0.3, 0.4) is 0 Å². The Bertz CT molecular complexity index is 576. The molecule has 0 bridgehead atoms. The van der Waals surface area contributed by atoms with Crippen molar-refractivity contribution in [3.05, 3.63) is 47.5 Å². The minimum atomic E-state index is 0.0818. The van der Waals surface area contributed by atoms with Gasteiger partial charge in [0, 0.05) is 42.1 Å². The van der Waals surface area contributed by atoms with Crippen LogP contribution in [0.2, 0.25) is 5.02 Å². The fourth-order valence-electron chi connectivity index (χ4n) is 2.18. The molecule has 0 saturated heterocycles. The zero-order chi connectivity index (χ0) is 15.5. The first kappa shape index (κ1) is 15.9. The van der Waals surface area contributed by atoms with E-state index in [0.717, 1.165) is 12.1 Å². The second-order valence-corrected chi connectivity index (χ2v) is 6.77. The first-order valence-corrected chi connectivity index (χ1v) is 7.40. The molecule has 2 N–H and O–H groups in total. The topological polar surface area (TPSA) is 50.1 Å². The monoisotopic (exact) mass is 307 g/mol. The Morgan fingerprint density at radius 2 is 2.14 bits per heavy atom. The highest BCUT2D eigenvalue weighted by Crippen LogP contribution is 2.24. The average Bonchev–Trinajstić information content (AvgIpc) is 2.89. The summed E-state index contributed by atoms with van der Waals surface area (Å²) < 4.78 is 2.06. The first-order valence-electron chi connectivity index (χ1n) is 7.03. The Labute approximate surface area is 130 Å². The Kier molecular flexibility index (Phi) is 4.91. The van der Waals surface area contributed by atoms with Crippen LogP contribution in [-0.4, -0.2) is 20.7 Å². The van der Waals surface area contributed by atoms with Gasteiger partial charge in [-0.3, -0.25) is 0 Å². The van der Waals surface area contributed by atoms with Crippen molar-refractivity contribution in [2.45, 2.75) is 39.9 Å². The number of halogens is 1. The molecule has 0 aliphatic heterocycles. The maximum absolute atomic E-state index is 9.89. The number of imidazole rings is 1. The largest absolute Gasteiger partial charge is 0.508 e. The lowest BCUT2D eigenvalue weighted by Gasteiger charge is -2.32. The van der Waals surface area contributed by atoms with E-state index in [1.54, 1.807) is 24.4 Å². The van der Waals surface area contributed by atoms with E-state index in [1.165, 1.54) is 0 Å². The minimum absolute atomic E-state index is 0.0818. The molecule has 1 heterocycles. The maximum Gasteiger partial charge on any atom is 0.120 e. The van der Waals surface area contributed by atoms with E-state index in [1.807, 2.05) is 12.5 Å². The van der Waals surface area contributed by atoms with Crippen LogP contribution in [0.1, 0.15) is 26.3 Å². The van der Waals surface area contributed by atoms with Crippen LogP contribution in [0.25, 0.3) is 0 Å². The summed E-state index contributed by atoms with van der Waals surface area (Å²) in [7, 11) is 0. The SMILES string of the molecule is CC(C)(C)C(Cn1ccnc1)NCc1cc(Cl)ccc1O. The van der Waals surface area contributed by atoms with Crippen molar-refractivity contribution in [3.63, 3.8) is 0 Å². The normalized spacial score (nSPS) is 13.3. The lowest BCUT2D eigenvalue weighted by atomic mass is 9.86. The average molecular weight is 308 g/mol. The number of benzene rings is 1. The molecule has 0 aliphatic rings. The molecule has 2 rings (SSSR count). The van der Waals surface area contributed by atoms with E-state index < -0.39 is 0 Å². The van der Waals surface area contributed by atoms with Crippen molar-refractivity contribution in [1.29, 1.82) is 0 Å². The van der Waals surface area contributed by atoms with E-state index in [4.69, 9.17) is 11.6 Å². The van der Waals surface area contributed by atoms with Crippen molar-refractivity contribution < 1.29 is 5.11 Å². The van der Waals surface area contributed by atoms with Gasteiger partial charge in [-0.1, -0.05) is 32.4 Å². The third kappa shape index (κ3) is 4.48. The van der Waals surface area contributed by atoms with E-state index in [2.05, 4.69) is 35.6 Å². The maximum atomic E-state index is 9.89. The Balaban J connectivity index is 2.07. The fourth-order valence-corrected chi connectivity index (χ4v) is 2.37. The summed E-state index contributed by atoms with van der Waals surface area (Å²) in [4.78, 5) is 4.08. The van der Waals surface area contributed by atoms with Gasteiger partial charge in [0.2, 0.25) is 0 Å². The van der Waals surface area contributed by atoms with Gasteiger partial charge in [-0.25, -0.2) is 4.98 Å². The van der Waals surface area contributed by atoms with Crippen molar-refractivity contribution >= 4 is 11.6 Å². The van der Waals surface area contributed by atoms with Crippen LogP contribution < -0.4 is 5.32 Å². The smallest absolute Gasteiger partial charge is 0.120 e. The van der Waals surface area contributed by atoms with Gasteiger partial charge in [0.25, 0.3) is 0 Å². The van der Waals surface area contributed by atoms with Gasteiger partial charge >= 0.3 is 0 Å². The second kappa shape index (κ2) is 6.50. The molecule has 21 heavy (non-hydrogen) atoms. The zero-order valence-electron chi connectivity index (χ0n) is 12.7. The van der Waals surface area contributed by atoms with Gasteiger partial charge in [-0.15, -0.1) is 0 Å². The van der Waals surface area contributed by atoms with Crippen LogP contribution in [0.5, 0.6) is 5.75 Å². The molecule has 1 atom stereocenters. The Morgan fingerprint density at radius 1 is 1.38 bits per heavy atom. The molecule has 5 heteroatoms. The number of hydrogen-bond donors (Lipinski definition) is 2. The molecule has 114 valence electrons. The number of nitrogens with zero attached hydrogens (tertiary/aromatic N) is 2. The first-order chi connectivity index (χ1) is 9.86. The van der Waals surface area contributed by atoms with Gasteiger partial charge in [0.05, 0.1) is 6.33 Å². The van der Waals surface area contributed by atoms with E-state index in [9.17, 15) is 5.11 Å². The third-order valence-corrected chi connectivity index (χ3v) is 3.81. The molecule has 0 saturated carbocycles. The van der Waals surface area contributed by atoms with Crippen LogP contribution in [-0.2, 0) is 13.1 Å². The molecule has 4 nitrogen and oxygen atoms in total. The number of aromatic nitrogens is 2. The summed E-state index contributed by atoms with van der Waals surface area (Å²) in [5.41, 5.74) is 0.890. The predicted octanol–water partition coefficient (Wildman–Crippen LogP) is 3.45. The van der Waals surface area contributed by atoms with Crippen molar-refractivity contribution in [2.75, 3.05) is 0 Å². The summed E-state index contributed by atoms with van der Waals surface area (Å²) >= 11 is 5.99. The fraction of sp³-hybridized carbons (Fsp3) is 0.438. The molecular weight excluding hydrogens is 286 g/mol. The Morgan fingerprint density at radius 3 is 2.76 bits per heavy atom. The minimum Gasteiger partial charge on any atom is -0.508 e. The Hall–Kier alpha value is -1.52. The molecule has 1 aromatic heterocycles. The highest BCUT2D eigenvalue weighted by atomic mass is 35.5. The van der Waals surface area contributed by atoms with E-state index in [-0.39, 0.29) is 17.2 Å². The molecule has 1 unspecified atom stereocenters. The highest BCUT2D eigenvalue weighted by Gasteiger charge is 2.24. The summed E-state index contributed by atoms with van der Waals surface area (Å²) in [5.74, 6) is 0.266. The van der Waals surface area contributed by atoms with Crippen LogP contribution in [0.15, 0.2) is 36.9 Å². The third-order valence-electron chi connectivity index (χ3n) is 3.58.